The minimum atomic E-state index is -0.137. The summed E-state index contributed by atoms with van der Waals surface area (Å²) < 4.78 is 11.1. The quantitative estimate of drug-likeness (QED) is 0.675. The lowest BCUT2D eigenvalue weighted by Crippen LogP contribution is -2.47. The monoisotopic (exact) mass is 365 g/mol. The first-order valence-electron chi connectivity index (χ1n) is 9.39. The smallest absolute Gasteiger partial charge is 0.319 e. The molecule has 1 atom stereocenters. The van der Waals surface area contributed by atoms with Gasteiger partial charge in [-0.2, -0.15) is 0 Å². The summed E-state index contributed by atoms with van der Waals surface area (Å²) in [6.07, 6.45) is 5.48. The van der Waals surface area contributed by atoms with Gasteiger partial charge in [-0.25, -0.2) is 4.79 Å². The van der Waals surface area contributed by atoms with E-state index in [-0.39, 0.29) is 24.6 Å². The normalized spacial score (nSPS) is 16.5. The fraction of sp³-hybridized carbons (Fsp3) is 0.684. The van der Waals surface area contributed by atoms with E-state index >= 15 is 0 Å². The van der Waals surface area contributed by atoms with Crippen LogP contribution in [-0.4, -0.2) is 73.1 Å². The third kappa shape index (κ3) is 6.05. The topological polar surface area (TPSA) is 66.2 Å². The van der Waals surface area contributed by atoms with E-state index in [0.717, 1.165) is 38.1 Å². The second kappa shape index (κ2) is 10.2. The standard InChI is InChI=1S/C19H31N3O4/c1-4-5-10-21(19(24)20(2)3)15-18(23)22(13-16-8-6-11-25-16)14-17-9-7-12-26-17/h6,8,11,17H,4-5,7,9-10,12-15H2,1-3H3. The van der Waals surface area contributed by atoms with Crippen LogP contribution in [0.4, 0.5) is 4.79 Å². The molecule has 146 valence electrons. The van der Waals surface area contributed by atoms with Gasteiger partial charge in [-0.3, -0.25) is 4.79 Å². The van der Waals surface area contributed by atoms with E-state index in [4.69, 9.17) is 9.15 Å². The van der Waals surface area contributed by atoms with Crippen molar-refractivity contribution in [2.24, 2.45) is 0 Å². The minimum Gasteiger partial charge on any atom is -0.467 e. The predicted octanol–water partition coefficient (Wildman–Crippen LogP) is 2.57. The van der Waals surface area contributed by atoms with Gasteiger partial charge in [-0.05, 0) is 31.4 Å². The number of ether oxygens (including phenoxy) is 1. The van der Waals surface area contributed by atoms with E-state index in [1.165, 1.54) is 4.90 Å². The van der Waals surface area contributed by atoms with Gasteiger partial charge in [0.1, 0.15) is 12.3 Å². The number of carbonyl (C=O) groups excluding carboxylic acids is 2. The average molecular weight is 365 g/mol. The number of nitrogens with zero attached hydrogens (tertiary/aromatic N) is 3. The number of urea groups is 1. The molecular formula is C19H31N3O4. The van der Waals surface area contributed by atoms with Crippen LogP contribution < -0.4 is 0 Å². The highest BCUT2D eigenvalue weighted by molar-refractivity contribution is 5.84. The molecule has 1 aliphatic heterocycles. The molecule has 0 spiro atoms. The number of rotatable bonds is 9. The number of hydrogen-bond acceptors (Lipinski definition) is 4. The molecule has 0 radical (unpaired) electrons. The van der Waals surface area contributed by atoms with Crippen LogP contribution in [0.5, 0.6) is 0 Å². The zero-order chi connectivity index (χ0) is 18.9. The highest BCUT2D eigenvalue weighted by atomic mass is 16.5. The lowest BCUT2D eigenvalue weighted by molar-refractivity contribution is -0.134. The van der Waals surface area contributed by atoms with Crippen LogP contribution in [0.3, 0.4) is 0 Å². The van der Waals surface area contributed by atoms with Gasteiger partial charge >= 0.3 is 6.03 Å². The number of unbranched alkanes of at least 4 members (excludes halogenated alkanes) is 1. The van der Waals surface area contributed by atoms with E-state index in [1.54, 1.807) is 30.2 Å². The van der Waals surface area contributed by atoms with Crippen LogP contribution in [-0.2, 0) is 16.1 Å². The van der Waals surface area contributed by atoms with Crippen LogP contribution in [0.2, 0.25) is 0 Å². The van der Waals surface area contributed by atoms with Gasteiger partial charge in [0.2, 0.25) is 5.91 Å². The molecule has 1 fully saturated rings. The van der Waals surface area contributed by atoms with Gasteiger partial charge in [0.05, 0.1) is 18.9 Å². The molecule has 1 unspecified atom stereocenters. The molecule has 1 aromatic rings. The minimum absolute atomic E-state index is 0.0579. The SMILES string of the molecule is CCCCN(CC(=O)N(Cc1ccco1)CC1CCCO1)C(=O)N(C)C. The zero-order valence-electron chi connectivity index (χ0n) is 16.1. The molecule has 3 amide bonds. The molecule has 0 N–H and O–H groups in total. The molecule has 7 nitrogen and oxygen atoms in total. The maximum atomic E-state index is 13.0. The van der Waals surface area contributed by atoms with Crippen LogP contribution in [0.25, 0.3) is 0 Å². The average Bonchev–Trinajstić information content (AvgIpc) is 3.31. The summed E-state index contributed by atoms with van der Waals surface area (Å²) in [6, 6.07) is 3.53. The Morgan fingerprint density at radius 3 is 2.65 bits per heavy atom. The molecule has 0 aliphatic carbocycles. The van der Waals surface area contributed by atoms with Crippen molar-refractivity contribution >= 4 is 11.9 Å². The predicted molar refractivity (Wildman–Crippen MR) is 98.7 cm³/mol. The zero-order valence-corrected chi connectivity index (χ0v) is 16.1. The Bertz CT molecular complexity index is 553. The first-order valence-corrected chi connectivity index (χ1v) is 9.39. The van der Waals surface area contributed by atoms with Crippen molar-refractivity contribution in [3.63, 3.8) is 0 Å². The highest BCUT2D eigenvalue weighted by Crippen LogP contribution is 2.16. The Hall–Kier alpha value is -2.02. The molecule has 0 aromatic carbocycles. The van der Waals surface area contributed by atoms with E-state index < -0.39 is 0 Å². The molecule has 1 saturated heterocycles. The lowest BCUT2D eigenvalue weighted by atomic mass is 10.2. The second-order valence-electron chi connectivity index (χ2n) is 6.94. The molecule has 7 heteroatoms. The third-order valence-corrected chi connectivity index (χ3v) is 4.49. The Kier molecular flexibility index (Phi) is 7.97. The van der Waals surface area contributed by atoms with Crippen LogP contribution >= 0.6 is 0 Å². The van der Waals surface area contributed by atoms with Crippen LogP contribution in [0.15, 0.2) is 22.8 Å². The summed E-state index contributed by atoms with van der Waals surface area (Å²) >= 11 is 0. The van der Waals surface area contributed by atoms with Crippen molar-refractivity contribution in [3.8, 4) is 0 Å². The van der Waals surface area contributed by atoms with E-state index in [0.29, 0.717) is 19.6 Å². The summed E-state index contributed by atoms with van der Waals surface area (Å²) in [4.78, 5) is 30.3. The van der Waals surface area contributed by atoms with Crippen molar-refractivity contribution in [1.29, 1.82) is 0 Å². The molecule has 1 aromatic heterocycles. The molecule has 0 saturated carbocycles. The van der Waals surface area contributed by atoms with E-state index in [9.17, 15) is 9.59 Å². The summed E-state index contributed by atoms with van der Waals surface area (Å²) in [5.74, 6) is 0.651. The van der Waals surface area contributed by atoms with Gasteiger partial charge in [0.15, 0.2) is 0 Å². The maximum absolute atomic E-state index is 13.0. The fourth-order valence-corrected chi connectivity index (χ4v) is 3.02. The molecule has 0 bridgehead atoms. The van der Waals surface area contributed by atoms with Crippen LogP contribution in [0.1, 0.15) is 38.4 Å². The highest BCUT2D eigenvalue weighted by Gasteiger charge is 2.26. The van der Waals surface area contributed by atoms with Crippen molar-refractivity contribution in [1.82, 2.24) is 14.7 Å². The van der Waals surface area contributed by atoms with Gasteiger partial charge in [0, 0.05) is 33.8 Å². The fourth-order valence-electron chi connectivity index (χ4n) is 3.02. The first-order chi connectivity index (χ1) is 12.5. The van der Waals surface area contributed by atoms with Gasteiger partial charge in [-0.15, -0.1) is 0 Å². The summed E-state index contributed by atoms with van der Waals surface area (Å²) in [5, 5.41) is 0. The van der Waals surface area contributed by atoms with Crippen molar-refractivity contribution in [2.75, 3.05) is 40.3 Å². The molecule has 2 rings (SSSR count). The summed E-state index contributed by atoms with van der Waals surface area (Å²) in [5.41, 5.74) is 0. The van der Waals surface area contributed by atoms with E-state index in [2.05, 4.69) is 6.92 Å². The van der Waals surface area contributed by atoms with E-state index in [1.807, 2.05) is 12.1 Å². The third-order valence-electron chi connectivity index (χ3n) is 4.49. The molecule has 2 heterocycles. The molecular weight excluding hydrogens is 334 g/mol. The largest absolute Gasteiger partial charge is 0.467 e. The summed E-state index contributed by atoms with van der Waals surface area (Å²) in [6.45, 7) is 4.38. The number of carbonyl (C=O) groups is 2. The van der Waals surface area contributed by atoms with Crippen molar-refractivity contribution in [3.05, 3.63) is 24.2 Å². The number of amides is 3. The Morgan fingerprint density at radius 2 is 2.08 bits per heavy atom. The van der Waals surface area contributed by atoms with Gasteiger partial charge < -0.3 is 23.9 Å². The number of furan rings is 1. The van der Waals surface area contributed by atoms with Gasteiger partial charge in [0.25, 0.3) is 0 Å². The molecule has 26 heavy (non-hydrogen) atoms. The second-order valence-corrected chi connectivity index (χ2v) is 6.94. The maximum Gasteiger partial charge on any atom is 0.319 e. The Labute approximate surface area is 155 Å². The Morgan fingerprint density at radius 1 is 1.27 bits per heavy atom. The lowest BCUT2D eigenvalue weighted by Gasteiger charge is -2.30. The molecule has 1 aliphatic rings. The number of hydrogen-bond donors (Lipinski definition) is 0. The summed E-state index contributed by atoms with van der Waals surface area (Å²) in [7, 11) is 3.41. The first kappa shape index (κ1) is 20.3. The Balaban J connectivity index is 2.05. The van der Waals surface area contributed by atoms with Crippen molar-refractivity contribution < 1.29 is 18.7 Å². The van der Waals surface area contributed by atoms with Crippen LogP contribution in [0, 0.1) is 0 Å². The van der Waals surface area contributed by atoms with Gasteiger partial charge in [-0.1, -0.05) is 13.3 Å². The van der Waals surface area contributed by atoms with Crippen molar-refractivity contribution in [2.45, 2.75) is 45.3 Å².